The van der Waals surface area contributed by atoms with E-state index in [2.05, 4.69) is 20.8 Å². The van der Waals surface area contributed by atoms with E-state index in [1.54, 1.807) is 0 Å². The van der Waals surface area contributed by atoms with Crippen LogP contribution in [0.25, 0.3) is 0 Å². The van der Waals surface area contributed by atoms with Gasteiger partial charge in [-0.1, -0.05) is 27.2 Å². The summed E-state index contributed by atoms with van der Waals surface area (Å²) in [6.07, 6.45) is 1.06. The molecule has 0 N–H and O–H groups in total. The van der Waals surface area contributed by atoms with Crippen LogP contribution in [-0.4, -0.2) is 17.6 Å². The van der Waals surface area contributed by atoms with Gasteiger partial charge in [-0.2, -0.15) is 0 Å². The van der Waals surface area contributed by atoms with Crippen molar-refractivity contribution >= 4 is 17.6 Å². The first kappa shape index (κ1) is 9.74. The molecule has 0 bridgehead atoms. The van der Waals surface area contributed by atoms with Gasteiger partial charge in [0.15, 0.2) is 0 Å². The third-order valence-corrected chi connectivity index (χ3v) is 0.577. The van der Waals surface area contributed by atoms with Crippen molar-refractivity contribution < 1.29 is 0 Å². The fourth-order valence-electron chi connectivity index (χ4n) is 0. The van der Waals surface area contributed by atoms with E-state index in [0.29, 0.717) is 0 Å². The van der Waals surface area contributed by atoms with Gasteiger partial charge in [0.05, 0.1) is 0 Å². The molecular weight excluding hydrogens is 133 g/mol. The Kier molecular flexibility index (Phi) is 9.00. The van der Waals surface area contributed by atoms with Crippen molar-refractivity contribution in [3.63, 3.8) is 0 Å². The first-order chi connectivity index (χ1) is 2.27. The van der Waals surface area contributed by atoms with Crippen LogP contribution in [0.5, 0.6) is 0 Å². The molecule has 0 aliphatic rings. The van der Waals surface area contributed by atoms with E-state index in [0.717, 1.165) is 12.3 Å². The summed E-state index contributed by atoms with van der Waals surface area (Å²) in [5.41, 5.74) is 0. The third kappa shape index (κ3) is 8.82. The average molecular weight is 148 g/mol. The second-order valence-electron chi connectivity index (χ2n) is 1.68. The van der Waals surface area contributed by atoms with Gasteiger partial charge in [0.2, 0.25) is 0 Å². The Balaban J connectivity index is 0. The van der Waals surface area contributed by atoms with E-state index in [-0.39, 0.29) is 17.6 Å². The zero-order chi connectivity index (χ0) is 4.28. The average Bonchev–Trinajstić information content (AvgIpc) is 1.38. The minimum absolute atomic E-state index is 0. The van der Waals surface area contributed by atoms with Crippen molar-refractivity contribution in [3.05, 3.63) is 6.92 Å². The zero-order valence-corrected chi connectivity index (χ0v) is 3.99. The minimum atomic E-state index is 0. The molecular formula is C5H15Ge. The van der Waals surface area contributed by atoms with Gasteiger partial charge in [0, 0.05) is 0 Å². The Hall–Kier alpha value is 0.543. The summed E-state index contributed by atoms with van der Waals surface area (Å²) >= 11 is 0. The SMILES string of the molecule is [CH2]CC(C)C.[GeH4]. The predicted molar refractivity (Wildman–Crippen MR) is 36.1 cm³/mol. The first-order valence-corrected chi connectivity index (χ1v) is 2.06. The van der Waals surface area contributed by atoms with Crippen LogP contribution < -0.4 is 0 Å². The molecule has 0 nitrogen and oxygen atoms in total. The van der Waals surface area contributed by atoms with Crippen molar-refractivity contribution in [2.45, 2.75) is 20.3 Å². The third-order valence-electron chi connectivity index (χ3n) is 0.577. The van der Waals surface area contributed by atoms with Crippen molar-refractivity contribution in [1.29, 1.82) is 0 Å². The molecule has 0 aromatic carbocycles. The van der Waals surface area contributed by atoms with Gasteiger partial charge in [0.1, 0.15) is 0 Å². The molecule has 0 fully saturated rings. The molecule has 6 heavy (non-hydrogen) atoms. The monoisotopic (exact) mass is 149 g/mol. The Labute approximate surface area is 51.3 Å². The summed E-state index contributed by atoms with van der Waals surface area (Å²) in [6.45, 7) is 8.00. The van der Waals surface area contributed by atoms with Crippen LogP contribution in [0.1, 0.15) is 20.3 Å². The molecule has 0 aliphatic carbocycles. The van der Waals surface area contributed by atoms with E-state index in [9.17, 15) is 0 Å². The van der Waals surface area contributed by atoms with E-state index in [1.807, 2.05) is 0 Å². The van der Waals surface area contributed by atoms with Crippen LogP contribution in [-0.2, 0) is 0 Å². The van der Waals surface area contributed by atoms with Crippen LogP contribution in [0.15, 0.2) is 0 Å². The van der Waals surface area contributed by atoms with Crippen molar-refractivity contribution in [2.24, 2.45) is 5.92 Å². The van der Waals surface area contributed by atoms with Gasteiger partial charge >= 0.3 is 17.6 Å². The van der Waals surface area contributed by atoms with Crippen LogP contribution in [0.3, 0.4) is 0 Å². The van der Waals surface area contributed by atoms with Crippen molar-refractivity contribution in [1.82, 2.24) is 0 Å². The predicted octanol–water partition coefficient (Wildman–Crippen LogP) is 0.415. The van der Waals surface area contributed by atoms with E-state index in [4.69, 9.17) is 0 Å². The van der Waals surface area contributed by atoms with Crippen LogP contribution in [0.2, 0.25) is 0 Å². The normalized spacial score (nSPS) is 8.00. The van der Waals surface area contributed by atoms with Gasteiger partial charge in [-0.15, -0.1) is 0 Å². The van der Waals surface area contributed by atoms with E-state index >= 15 is 0 Å². The number of hydrogen-bond acceptors (Lipinski definition) is 0. The Morgan fingerprint density at radius 3 is 1.67 bits per heavy atom. The maximum atomic E-state index is 3.69. The molecule has 0 saturated carbocycles. The summed E-state index contributed by atoms with van der Waals surface area (Å²) in [5, 5.41) is 0. The summed E-state index contributed by atoms with van der Waals surface area (Å²) in [6, 6.07) is 0. The second kappa shape index (κ2) is 5.54. The Morgan fingerprint density at radius 1 is 1.50 bits per heavy atom. The molecule has 0 unspecified atom stereocenters. The van der Waals surface area contributed by atoms with Gasteiger partial charge < -0.3 is 0 Å². The van der Waals surface area contributed by atoms with Gasteiger partial charge in [0.25, 0.3) is 0 Å². The van der Waals surface area contributed by atoms with E-state index in [1.165, 1.54) is 0 Å². The van der Waals surface area contributed by atoms with Crippen LogP contribution >= 0.6 is 0 Å². The fourth-order valence-corrected chi connectivity index (χ4v) is 0. The zero-order valence-electron chi connectivity index (χ0n) is 3.99. The topological polar surface area (TPSA) is 0 Å². The number of hydrogen-bond donors (Lipinski definition) is 0. The van der Waals surface area contributed by atoms with Gasteiger partial charge in [-0.25, -0.2) is 0 Å². The molecule has 0 heterocycles. The van der Waals surface area contributed by atoms with Crippen LogP contribution in [0, 0.1) is 12.8 Å². The molecule has 0 aromatic rings. The summed E-state index contributed by atoms with van der Waals surface area (Å²) in [5.74, 6) is 0.773. The van der Waals surface area contributed by atoms with Gasteiger partial charge in [-0.05, 0) is 5.92 Å². The molecule has 1 radical (unpaired) electrons. The molecule has 1 heteroatoms. The summed E-state index contributed by atoms with van der Waals surface area (Å²) < 4.78 is 0. The maximum absolute atomic E-state index is 3.69. The standard InChI is InChI=1S/C5H11.GeH4/c1-4-5(2)3;/h5H,1,4H2,2-3H3;1H4. The molecule has 0 aromatic heterocycles. The first-order valence-electron chi connectivity index (χ1n) is 2.06. The second-order valence-corrected chi connectivity index (χ2v) is 1.68. The van der Waals surface area contributed by atoms with Crippen molar-refractivity contribution in [3.8, 4) is 0 Å². The molecule has 0 saturated heterocycles. The Bertz CT molecular complexity index is 17.9. The fraction of sp³-hybridized carbons (Fsp3) is 0.800. The molecule has 0 amide bonds. The molecule has 0 spiro atoms. The molecule has 0 aliphatic heterocycles. The summed E-state index contributed by atoms with van der Waals surface area (Å²) in [7, 11) is 0. The van der Waals surface area contributed by atoms with Gasteiger partial charge in [-0.3, -0.25) is 0 Å². The molecule has 39 valence electrons. The van der Waals surface area contributed by atoms with E-state index < -0.39 is 0 Å². The Morgan fingerprint density at radius 2 is 1.67 bits per heavy atom. The quantitative estimate of drug-likeness (QED) is 0.472. The summed E-state index contributed by atoms with van der Waals surface area (Å²) in [4.78, 5) is 0. The molecule has 0 rings (SSSR count). The van der Waals surface area contributed by atoms with Crippen molar-refractivity contribution in [2.75, 3.05) is 0 Å². The molecule has 0 atom stereocenters. The van der Waals surface area contributed by atoms with Crippen LogP contribution in [0.4, 0.5) is 0 Å². The number of rotatable bonds is 1.